The van der Waals surface area contributed by atoms with Crippen molar-refractivity contribution >= 4 is 12.2 Å². The number of nitrogens with zero attached hydrogens (tertiary/aromatic N) is 6. The number of aliphatic hydroxyl groups is 2. The predicted molar refractivity (Wildman–Crippen MR) is 220 cm³/mol. The summed E-state index contributed by atoms with van der Waals surface area (Å²) in [5.74, 6) is -0.601. The number of fused-ring (bicyclic) bond motifs is 4. The first-order valence-electron chi connectivity index (χ1n) is 20.5. The Hall–Kier alpha value is -5.72. The Balaban J connectivity index is 0.000000154. The van der Waals surface area contributed by atoms with Gasteiger partial charge in [-0.2, -0.15) is 10.2 Å². The third-order valence-corrected chi connectivity index (χ3v) is 13.8. The van der Waals surface area contributed by atoms with Crippen LogP contribution >= 0.6 is 0 Å². The number of aromatic nitrogens is 6. The summed E-state index contributed by atoms with van der Waals surface area (Å²) in [5, 5.41) is 31.1. The average molecular weight is 815 g/mol. The number of aliphatic hydroxyl groups excluding tert-OH is 2. The monoisotopic (exact) mass is 814 g/mol. The number of hydrogen-bond acceptors (Lipinski definition) is 6. The van der Waals surface area contributed by atoms with Gasteiger partial charge in [0.15, 0.2) is 0 Å². The van der Waals surface area contributed by atoms with Crippen molar-refractivity contribution in [3.8, 4) is 11.4 Å². The molecule has 2 N–H and O–H groups in total. The number of pyridine rings is 2. The molecule has 4 aromatic heterocycles. The molecule has 4 heterocycles. The molecule has 308 valence electrons. The number of halogens is 4. The summed E-state index contributed by atoms with van der Waals surface area (Å²) < 4.78 is 63.5. The zero-order chi connectivity index (χ0) is 41.9. The van der Waals surface area contributed by atoms with E-state index in [2.05, 4.69) is 20.2 Å². The first-order chi connectivity index (χ1) is 28.8. The van der Waals surface area contributed by atoms with Crippen LogP contribution in [-0.2, 0) is 12.8 Å². The number of hydrogen-bond donors (Lipinski definition) is 2. The lowest BCUT2D eigenvalue weighted by Gasteiger charge is -2.52. The highest BCUT2D eigenvalue weighted by atomic mass is 19.2. The van der Waals surface area contributed by atoms with Crippen LogP contribution in [0.25, 0.3) is 23.5 Å². The van der Waals surface area contributed by atoms with E-state index in [4.69, 9.17) is 0 Å². The minimum absolute atomic E-state index is 0.297. The molecule has 4 aliphatic carbocycles. The highest BCUT2D eigenvalue weighted by Crippen LogP contribution is 2.60. The normalized spacial score (nSPS) is 26.5. The lowest BCUT2D eigenvalue weighted by Crippen LogP contribution is -2.53. The first kappa shape index (κ1) is 39.7. The van der Waals surface area contributed by atoms with Gasteiger partial charge in [-0.15, -0.1) is 0 Å². The number of alkyl halides is 2. The van der Waals surface area contributed by atoms with Gasteiger partial charge in [-0.1, -0.05) is 25.0 Å². The lowest BCUT2D eigenvalue weighted by molar-refractivity contribution is -0.101. The van der Waals surface area contributed by atoms with Crippen molar-refractivity contribution in [3.63, 3.8) is 0 Å². The van der Waals surface area contributed by atoms with Crippen LogP contribution in [0.2, 0.25) is 0 Å². The molecule has 6 atom stereocenters. The fraction of sp³-hybridized carbons (Fsp3) is 0.333. The van der Waals surface area contributed by atoms with E-state index in [0.717, 1.165) is 57.9 Å². The van der Waals surface area contributed by atoms with Crippen molar-refractivity contribution in [1.29, 1.82) is 0 Å². The van der Waals surface area contributed by atoms with Crippen LogP contribution in [0.4, 0.5) is 17.6 Å². The Morgan fingerprint density at radius 3 is 1.30 bits per heavy atom. The largest absolute Gasteiger partial charge is 0.385 e. The van der Waals surface area contributed by atoms with Crippen LogP contribution < -0.4 is 0 Å². The van der Waals surface area contributed by atoms with Crippen molar-refractivity contribution in [2.75, 3.05) is 0 Å². The van der Waals surface area contributed by atoms with Crippen molar-refractivity contribution in [2.24, 2.45) is 10.8 Å². The van der Waals surface area contributed by atoms with Gasteiger partial charge in [0.1, 0.15) is 35.2 Å². The number of allylic oxidation sites excluding steroid dienone is 2. The molecule has 2 aromatic carbocycles. The van der Waals surface area contributed by atoms with Crippen LogP contribution in [0.1, 0.15) is 98.2 Å². The van der Waals surface area contributed by atoms with Gasteiger partial charge in [-0.3, -0.25) is 9.97 Å². The zero-order valence-corrected chi connectivity index (χ0v) is 33.4. The molecule has 2 fully saturated rings. The highest BCUT2D eigenvalue weighted by Gasteiger charge is 2.60. The van der Waals surface area contributed by atoms with E-state index in [1.807, 2.05) is 26.0 Å². The van der Waals surface area contributed by atoms with Crippen LogP contribution in [0.15, 0.2) is 121 Å². The minimum Gasteiger partial charge on any atom is -0.385 e. The Bertz CT molecular complexity index is 2400. The summed E-state index contributed by atoms with van der Waals surface area (Å²) in [6.45, 7) is 3.83. The van der Waals surface area contributed by atoms with Gasteiger partial charge in [0.05, 0.1) is 35.2 Å². The smallest absolute Gasteiger partial charge is 0.150 e. The molecule has 4 aliphatic rings. The molecule has 6 aromatic rings. The molecule has 10 rings (SSSR count). The standard InChI is InChI=1S/2C24H23F2N3O/c2*1-23-14-17-15-28-29(20-6-4-19(25)5-7-20)21(17)13-18(23)3-2-10-24(23,26)22(30)16-8-11-27-12-9-16/h2*4-9,11-13,15,22,30H,2-3,10,14H2,1H3/t22-,23+,24+;22-,23-,24-/m10/s1. The van der Waals surface area contributed by atoms with E-state index in [-0.39, 0.29) is 11.6 Å². The van der Waals surface area contributed by atoms with Gasteiger partial charge in [-0.05, 0) is 159 Å². The molecular weight excluding hydrogens is 769 g/mol. The van der Waals surface area contributed by atoms with E-state index in [1.54, 1.807) is 95.1 Å². The molecule has 12 heteroatoms. The van der Waals surface area contributed by atoms with Crippen molar-refractivity contribution in [2.45, 2.75) is 88.8 Å². The average Bonchev–Trinajstić information content (AvgIpc) is 3.86. The van der Waals surface area contributed by atoms with Gasteiger partial charge in [-0.25, -0.2) is 26.9 Å². The molecule has 0 radical (unpaired) electrons. The van der Waals surface area contributed by atoms with Gasteiger partial charge in [0.2, 0.25) is 0 Å². The van der Waals surface area contributed by atoms with E-state index in [9.17, 15) is 19.0 Å². The van der Waals surface area contributed by atoms with Gasteiger partial charge < -0.3 is 10.2 Å². The van der Waals surface area contributed by atoms with Crippen LogP contribution in [0, 0.1) is 22.5 Å². The van der Waals surface area contributed by atoms with E-state index in [1.165, 1.54) is 24.3 Å². The Kier molecular flexibility index (Phi) is 9.98. The Morgan fingerprint density at radius 2 is 0.933 bits per heavy atom. The molecule has 0 spiro atoms. The van der Waals surface area contributed by atoms with E-state index < -0.39 is 34.4 Å². The molecule has 0 unspecified atom stereocenters. The summed E-state index contributed by atoms with van der Waals surface area (Å²) in [7, 11) is 0. The molecule has 0 bridgehead atoms. The predicted octanol–water partition coefficient (Wildman–Crippen LogP) is 9.96. The molecule has 8 nitrogen and oxygen atoms in total. The summed E-state index contributed by atoms with van der Waals surface area (Å²) in [6.07, 6.45) is 15.8. The second kappa shape index (κ2) is 15.1. The lowest BCUT2D eigenvalue weighted by atomic mass is 9.56. The van der Waals surface area contributed by atoms with Crippen LogP contribution in [-0.4, -0.2) is 51.1 Å². The highest BCUT2D eigenvalue weighted by molar-refractivity contribution is 5.63. The number of rotatable bonds is 6. The van der Waals surface area contributed by atoms with Crippen molar-refractivity contribution in [1.82, 2.24) is 29.5 Å². The fourth-order valence-electron chi connectivity index (χ4n) is 10.2. The Labute approximate surface area is 346 Å². The van der Waals surface area contributed by atoms with Crippen LogP contribution in [0.3, 0.4) is 0 Å². The quantitative estimate of drug-likeness (QED) is 0.163. The molecule has 0 aliphatic heterocycles. The molecule has 60 heavy (non-hydrogen) atoms. The van der Waals surface area contributed by atoms with Gasteiger partial charge >= 0.3 is 0 Å². The van der Waals surface area contributed by atoms with Crippen molar-refractivity contribution < 1.29 is 27.8 Å². The molecule has 2 saturated carbocycles. The van der Waals surface area contributed by atoms with Crippen LogP contribution in [0.5, 0.6) is 0 Å². The Morgan fingerprint density at radius 1 is 0.567 bits per heavy atom. The zero-order valence-electron chi connectivity index (χ0n) is 33.4. The third kappa shape index (κ3) is 6.42. The maximum Gasteiger partial charge on any atom is 0.150 e. The topological polar surface area (TPSA) is 102 Å². The van der Waals surface area contributed by atoms with E-state index in [0.29, 0.717) is 49.7 Å². The summed E-state index contributed by atoms with van der Waals surface area (Å²) >= 11 is 0. The summed E-state index contributed by atoms with van der Waals surface area (Å²) in [6, 6.07) is 19.0. The SMILES string of the molecule is C[C@]12Cc3cnn(-c4ccc(F)cc4)c3C=C1CCC[C@]2(F)[C@@H](O)c1ccncc1.C[C@]12Cc3cnn(-c4ccc(F)cc4)c3C=C1CCC[C@]2(F)[C@H](O)c1ccncc1. The van der Waals surface area contributed by atoms with Gasteiger partial charge in [0.25, 0.3) is 0 Å². The number of benzene rings is 2. The minimum atomic E-state index is -1.80. The van der Waals surface area contributed by atoms with Crippen molar-refractivity contribution in [3.05, 3.63) is 166 Å². The fourth-order valence-corrected chi connectivity index (χ4v) is 10.2. The molecule has 0 saturated heterocycles. The third-order valence-electron chi connectivity index (χ3n) is 13.8. The second-order valence-electron chi connectivity index (χ2n) is 17.0. The summed E-state index contributed by atoms with van der Waals surface area (Å²) in [5.41, 5.74) is 2.97. The molecule has 0 amide bonds. The maximum atomic E-state index is 16.7. The maximum absolute atomic E-state index is 16.7. The van der Waals surface area contributed by atoms with Gasteiger partial charge in [0, 0.05) is 35.6 Å². The first-order valence-corrected chi connectivity index (χ1v) is 20.5. The summed E-state index contributed by atoms with van der Waals surface area (Å²) in [4.78, 5) is 7.96. The molecular formula is C48H46F4N6O2. The second-order valence-corrected chi connectivity index (χ2v) is 17.0. The van der Waals surface area contributed by atoms with E-state index >= 15 is 8.78 Å².